The number of nitrogens with zero attached hydrogens (tertiary/aromatic N) is 1. The number of benzene rings is 2. The second kappa shape index (κ2) is 5.90. The van der Waals surface area contributed by atoms with Gasteiger partial charge in [-0.05, 0) is 24.3 Å². The standard InChI is InChI=1S/C12H9N3S.ClHO4/c13-7-5-8(14)12-11(6-7)16-10-4-2-1-3-9(10)15-12;2-1(3,4)5/h1-6,14H,13H2;(H,2,3,4,5). The smallest absolute Gasteiger partial charge is 0.106 e. The van der Waals surface area contributed by atoms with Gasteiger partial charge in [-0.2, -0.15) is 14.0 Å². The largest absolute Gasteiger partial charge is 0.399 e. The van der Waals surface area contributed by atoms with Gasteiger partial charge in [0.05, 0.1) is 35.4 Å². The maximum absolute atomic E-state index is 8.60. The topological polar surface area (TPSA) is 152 Å². The molecular weight excluding hydrogens is 318 g/mol. The predicted octanol–water partition coefficient (Wildman–Crippen LogP) is -1.66. The molecule has 21 heavy (non-hydrogen) atoms. The summed E-state index contributed by atoms with van der Waals surface area (Å²) in [7, 11) is -4.69. The van der Waals surface area contributed by atoms with Crippen molar-refractivity contribution >= 4 is 27.2 Å². The van der Waals surface area contributed by atoms with Crippen LogP contribution in [0.15, 0.2) is 36.4 Å². The van der Waals surface area contributed by atoms with Gasteiger partial charge in [-0.1, -0.05) is 12.1 Å². The Labute approximate surface area is 125 Å². The van der Waals surface area contributed by atoms with Gasteiger partial charge < -0.3 is 5.73 Å². The maximum atomic E-state index is 8.60. The quantitative estimate of drug-likeness (QED) is 0.332. The average molecular weight is 328 g/mol. The molecule has 3 rings (SSSR count). The highest BCUT2D eigenvalue weighted by atomic mass is 35.7. The Morgan fingerprint density at radius 3 is 2.48 bits per heavy atom. The molecule has 0 bridgehead atoms. The van der Waals surface area contributed by atoms with Crippen molar-refractivity contribution < 1.29 is 28.9 Å². The van der Waals surface area contributed by atoms with Crippen LogP contribution in [0.5, 0.6) is 0 Å². The molecular formula is C12H10ClN3O4S. The van der Waals surface area contributed by atoms with Crippen LogP contribution in [-0.2, 0) is 0 Å². The van der Waals surface area contributed by atoms with Crippen molar-refractivity contribution in [3.05, 3.63) is 41.8 Å². The molecule has 1 aromatic rings. The van der Waals surface area contributed by atoms with Crippen LogP contribution in [0.25, 0.3) is 20.8 Å². The normalized spacial score (nSPS) is 11.2. The molecule has 0 saturated carbocycles. The van der Waals surface area contributed by atoms with E-state index in [0.717, 1.165) is 20.8 Å². The fourth-order valence-corrected chi connectivity index (χ4v) is 2.75. The van der Waals surface area contributed by atoms with E-state index in [4.69, 9.17) is 29.8 Å². The number of anilines is 1. The van der Waals surface area contributed by atoms with Gasteiger partial charge in [-0.15, -0.1) is 11.3 Å². The zero-order valence-corrected chi connectivity index (χ0v) is 12.0. The van der Waals surface area contributed by atoms with Crippen molar-refractivity contribution in [1.29, 1.82) is 5.41 Å². The summed E-state index contributed by atoms with van der Waals surface area (Å²) >= 11 is 1.62. The van der Waals surface area contributed by atoms with Crippen molar-refractivity contribution in [2.75, 3.05) is 5.73 Å². The number of aromatic nitrogens is 1. The minimum atomic E-state index is -4.69. The highest BCUT2D eigenvalue weighted by molar-refractivity contribution is 7.21. The van der Waals surface area contributed by atoms with E-state index in [1.807, 2.05) is 30.3 Å². The van der Waals surface area contributed by atoms with Gasteiger partial charge in [0.15, 0.2) is 0 Å². The van der Waals surface area contributed by atoms with Crippen LogP contribution in [-0.4, -0.2) is 9.64 Å². The lowest BCUT2D eigenvalue weighted by atomic mass is 10.2. The first kappa shape index (κ1) is 15.6. The highest BCUT2D eigenvalue weighted by Crippen LogP contribution is 2.29. The van der Waals surface area contributed by atoms with Crippen molar-refractivity contribution in [2.45, 2.75) is 0 Å². The van der Waals surface area contributed by atoms with Gasteiger partial charge in [0.1, 0.15) is 5.69 Å². The number of nitrogen functional groups attached to an aromatic ring is 1. The van der Waals surface area contributed by atoms with Crippen molar-refractivity contribution in [1.82, 2.24) is 4.98 Å². The highest BCUT2D eigenvalue weighted by Gasteiger charge is 2.09. The molecule has 0 atom stereocenters. The Morgan fingerprint density at radius 2 is 1.81 bits per heavy atom. The second-order valence-electron chi connectivity index (χ2n) is 3.99. The first-order chi connectivity index (χ1) is 9.74. The summed E-state index contributed by atoms with van der Waals surface area (Å²) in [5.74, 6) is 0. The second-order valence-corrected chi connectivity index (χ2v) is 5.87. The minimum Gasteiger partial charge on any atom is -0.399 e. The van der Waals surface area contributed by atoms with Crippen LogP contribution in [0.1, 0.15) is 0 Å². The maximum Gasteiger partial charge on any atom is 0.106 e. The first-order valence-electron chi connectivity index (χ1n) is 5.51. The van der Waals surface area contributed by atoms with Gasteiger partial charge in [0.2, 0.25) is 0 Å². The molecule has 1 aliphatic carbocycles. The van der Waals surface area contributed by atoms with E-state index in [9.17, 15) is 0 Å². The summed E-state index contributed by atoms with van der Waals surface area (Å²) in [6.07, 6.45) is 0. The molecule has 9 heteroatoms. The number of halogens is 1. The number of hydrogen-bond donors (Lipinski definition) is 3. The average Bonchev–Trinajstić information content (AvgIpc) is 2.34. The summed E-state index contributed by atoms with van der Waals surface area (Å²) in [5.41, 5.74) is 7.99. The summed E-state index contributed by atoms with van der Waals surface area (Å²) in [4.78, 5) is 5.45. The Hall–Kier alpha value is -1.81. The molecule has 2 aliphatic rings. The Bertz CT molecular complexity index is 797. The van der Waals surface area contributed by atoms with Crippen LogP contribution in [0, 0.1) is 15.7 Å². The fourth-order valence-electron chi connectivity index (χ4n) is 1.70. The molecule has 0 aromatic heterocycles. The van der Waals surface area contributed by atoms with E-state index < -0.39 is 10.2 Å². The van der Waals surface area contributed by atoms with Crippen LogP contribution < -0.4 is 25.1 Å². The SMILES string of the molecule is N=c1cc(N)cc2sc3ccccc3nc1-2.[O-][Cl+3]([O-])([O-])O. The minimum absolute atomic E-state index is 0.386. The van der Waals surface area contributed by atoms with Crippen molar-refractivity contribution in [2.24, 2.45) is 0 Å². The Kier molecular flexibility index (Phi) is 4.37. The van der Waals surface area contributed by atoms with Gasteiger partial charge in [-0.3, -0.25) is 5.41 Å². The number of para-hydroxylation sites is 1. The van der Waals surface area contributed by atoms with Gasteiger partial charge >= 0.3 is 0 Å². The van der Waals surface area contributed by atoms with Crippen LogP contribution in [0.3, 0.4) is 0 Å². The van der Waals surface area contributed by atoms with Crippen molar-refractivity contribution in [3.8, 4) is 10.6 Å². The predicted molar refractivity (Wildman–Crippen MR) is 68.7 cm³/mol. The number of rotatable bonds is 0. The number of fused-ring (bicyclic) bond motifs is 2. The van der Waals surface area contributed by atoms with E-state index in [0.29, 0.717) is 11.0 Å². The van der Waals surface area contributed by atoms with Gasteiger partial charge in [0, 0.05) is 5.69 Å². The zero-order chi connectivity index (χ0) is 15.6. The summed E-state index contributed by atoms with van der Waals surface area (Å²) < 4.78 is 33.8. The fraction of sp³-hybridized carbons (Fsp3) is 0. The lowest BCUT2D eigenvalue weighted by Gasteiger charge is -2.06. The molecule has 0 unspecified atom stereocenters. The summed E-state index contributed by atoms with van der Waals surface area (Å²) in [6, 6.07) is 11.4. The molecule has 0 saturated heterocycles. The lowest BCUT2D eigenvalue weighted by Crippen LogP contribution is -2.58. The third kappa shape index (κ3) is 4.33. The molecule has 1 heterocycles. The summed E-state index contributed by atoms with van der Waals surface area (Å²) in [6.45, 7) is 0. The van der Waals surface area contributed by atoms with E-state index in [-0.39, 0.29) is 0 Å². The Morgan fingerprint density at radius 1 is 1.19 bits per heavy atom. The third-order valence-corrected chi connectivity index (χ3v) is 3.51. The van der Waals surface area contributed by atoms with Crippen LogP contribution in [0.2, 0.25) is 0 Å². The van der Waals surface area contributed by atoms with Gasteiger partial charge in [0.25, 0.3) is 0 Å². The molecule has 0 fully saturated rings. The lowest BCUT2D eigenvalue weighted by molar-refractivity contribution is -1.92. The molecule has 110 valence electrons. The molecule has 7 nitrogen and oxygen atoms in total. The Balaban J connectivity index is 0.000000282. The first-order valence-corrected chi connectivity index (χ1v) is 7.59. The van der Waals surface area contributed by atoms with E-state index in [1.165, 1.54) is 0 Å². The molecule has 1 aliphatic heterocycles. The number of nitrogens with two attached hydrogens (primary N) is 1. The number of hydrogen-bond acceptors (Lipinski definition) is 8. The molecule has 4 N–H and O–H groups in total. The number of nitrogens with one attached hydrogen (secondary N) is 1. The molecule has 1 aromatic carbocycles. The third-order valence-electron chi connectivity index (χ3n) is 2.41. The van der Waals surface area contributed by atoms with Crippen LogP contribution >= 0.6 is 11.3 Å². The van der Waals surface area contributed by atoms with E-state index in [2.05, 4.69) is 4.98 Å². The van der Waals surface area contributed by atoms with E-state index >= 15 is 0 Å². The monoisotopic (exact) mass is 327 g/mol. The van der Waals surface area contributed by atoms with Crippen LogP contribution in [0.4, 0.5) is 5.69 Å². The molecule has 0 spiro atoms. The zero-order valence-electron chi connectivity index (χ0n) is 10.4. The molecule has 0 amide bonds. The molecule has 0 radical (unpaired) electrons. The summed E-state index contributed by atoms with van der Waals surface area (Å²) in [5, 5.41) is 8.23. The van der Waals surface area contributed by atoms with E-state index in [1.54, 1.807) is 17.4 Å². The van der Waals surface area contributed by atoms with Crippen molar-refractivity contribution in [3.63, 3.8) is 0 Å². The van der Waals surface area contributed by atoms with Gasteiger partial charge in [-0.25, -0.2) is 4.98 Å².